The lowest BCUT2D eigenvalue weighted by Crippen LogP contribution is -2.19. The minimum Gasteiger partial charge on any atom is -0.349 e. The van der Waals surface area contributed by atoms with Crippen LogP contribution < -0.4 is 5.32 Å². The Morgan fingerprint density at radius 3 is 2.59 bits per heavy atom. The maximum atomic E-state index is 12.6. The van der Waals surface area contributed by atoms with Gasteiger partial charge in [0.25, 0.3) is 0 Å². The molecule has 1 atom stereocenters. The molecule has 1 aliphatic rings. The van der Waals surface area contributed by atoms with Gasteiger partial charge in [0.05, 0.1) is 11.6 Å². The standard InChI is InChI=1S/C11H9F3INO/c12-11(13,14)6-1-2-8(15)7(5-6)9-3-4-10(17)16-9/h1-2,5,9H,3-4H2,(H,16,17). The average Bonchev–Trinajstić information content (AvgIpc) is 2.63. The molecule has 1 fully saturated rings. The summed E-state index contributed by atoms with van der Waals surface area (Å²) in [4.78, 5) is 11.1. The summed E-state index contributed by atoms with van der Waals surface area (Å²) in [5.41, 5.74) is -0.125. The number of halogens is 4. The van der Waals surface area contributed by atoms with Gasteiger partial charge in [0.15, 0.2) is 0 Å². The molecule has 1 saturated heterocycles. The molecule has 1 aromatic rings. The van der Waals surface area contributed by atoms with Crippen molar-refractivity contribution in [1.29, 1.82) is 0 Å². The van der Waals surface area contributed by atoms with Crippen LogP contribution in [0.5, 0.6) is 0 Å². The third-order valence-electron chi connectivity index (χ3n) is 2.69. The number of hydrogen-bond donors (Lipinski definition) is 1. The fourth-order valence-corrected chi connectivity index (χ4v) is 2.55. The van der Waals surface area contributed by atoms with Crippen molar-refractivity contribution in [3.05, 3.63) is 32.9 Å². The first-order valence-electron chi connectivity index (χ1n) is 5.04. The maximum Gasteiger partial charge on any atom is 0.416 e. The fraction of sp³-hybridized carbons (Fsp3) is 0.364. The van der Waals surface area contributed by atoms with Crippen molar-refractivity contribution in [2.24, 2.45) is 0 Å². The highest BCUT2D eigenvalue weighted by Crippen LogP contribution is 2.34. The van der Waals surface area contributed by atoms with E-state index >= 15 is 0 Å². The number of carbonyl (C=O) groups excluding carboxylic acids is 1. The van der Waals surface area contributed by atoms with E-state index in [0.29, 0.717) is 18.4 Å². The van der Waals surface area contributed by atoms with E-state index in [-0.39, 0.29) is 11.9 Å². The number of rotatable bonds is 1. The third-order valence-corrected chi connectivity index (χ3v) is 3.68. The summed E-state index contributed by atoms with van der Waals surface area (Å²) >= 11 is 1.98. The van der Waals surface area contributed by atoms with Crippen LogP contribution in [0, 0.1) is 3.57 Å². The van der Waals surface area contributed by atoms with Crippen LogP contribution in [0.15, 0.2) is 18.2 Å². The van der Waals surface area contributed by atoms with Gasteiger partial charge in [-0.3, -0.25) is 4.79 Å². The lowest BCUT2D eigenvalue weighted by atomic mass is 10.0. The Balaban J connectivity index is 2.36. The smallest absolute Gasteiger partial charge is 0.349 e. The summed E-state index contributed by atoms with van der Waals surface area (Å²) in [5, 5.41) is 2.68. The molecule has 0 saturated carbocycles. The zero-order chi connectivity index (χ0) is 12.6. The van der Waals surface area contributed by atoms with Gasteiger partial charge in [-0.25, -0.2) is 0 Å². The molecular weight excluding hydrogens is 346 g/mol. The van der Waals surface area contributed by atoms with E-state index in [9.17, 15) is 18.0 Å². The predicted molar refractivity (Wildman–Crippen MR) is 64.3 cm³/mol. The van der Waals surface area contributed by atoms with Crippen molar-refractivity contribution in [2.45, 2.75) is 25.1 Å². The zero-order valence-electron chi connectivity index (χ0n) is 8.64. The number of amides is 1. The first-order valence-corrected chi connectivity index (χ1v) is 6.12. The molecular formula is C11H9F3INO. The summed E-state index contributed by atoms with van der Waals surface area (Å²) in [5.74, 6) is -0.108. The highest BCUT2D eigenvalue weighted by Gasteiger charge is 2.32. The van der Waals surface area contributed by atoms with Crippen LogP contribution in [0.25, 0.3) is 0 Å². The zero-order valence-corrected chi connectivity index (χ0v) is 10.8. The summed E-state index contributed by atoms with van der Waals surface area (Å²) in [6.07, 6.45) is -3.42. The molecule has 92 valence electrons. The van der Waals surface area contributed by atoms with Crippen molar-refractivity contribution < 1.29 is 18.0 Å². The van der Waals surface area contributed by atoms with E-state index in [2.05, 4.69) is 5.32 Å². The van der Waals surface area contributed by atoms with Gasteiger partial charge in [0.2, 0.25) is 5.91 Å². The van der Waals surface area contributed by atoms with Crippen LogP contribution in [-0.4, -0.2) is 5.91 Å². The lowest BCUT2D eigenvalue weighted by Gasteiger charge is -2.15. The molecule has 0 radical (unpaired) electrons. The molecule has 1 unspecified atom stereocenters. The summed E-state index contributed by atoms with van der Waals surface area (Å²) in [6, 6.07) is 3.32. The first-order chi connectivity index (χ1) is 7.88. The molecule has 6 heteroatoms. The van der Waals surface area contributed by atoms with Gasteiger partial charge >= 0.3 is 6.18 Å². The second-order valence-electron chi connectivity index (χ2n) is 3.89. The van der Waals surface area contributed by atoms with Crippen LogP contribution in [0.4, 0.5) is 13.2 Å². The molecule has 0 bridgehead atoms. The summed E-state index contributed by atoms with van der Waals surface area (Å²) < 4.78 is 38.5. The van der Waals surface area contributed by atoms with Gasteiger partial charge in [-0.1, -0.05) is 0 Å². The predicted octanol–water partition coefficient (Wildman–Crippen LogP) is 3.26. The largest absolute Gasteiger partial charge is 0.416 e. The molecule has 2 nitrogen and oxygen atoms in total. The number of benzene rings is 1. The van der Waals surface area contributed by atoms with Crippen LogP contribution in [0.2, 0.25) is 0 Å². The summed E-state index contributed by atoms with van der Waals surface area (Å²) in [7, 11) is 0. The lowest BCUT2D eigenvalue weighted by molar-refractivity contribution is -0.137. The van der Waals surface area contributed by atoms with E-state index in [0.717, 1.165) is 15.7 Å². The SMILES string of the molecule is O=C1CCC(c2cc(C(F)(F)F)ccc2I)N1. The Morgan fingerprint density at radius 1 is 1.35 bits per heavy atom. The fourth-order valence-electron chi connectivity index (χ4n) is 1.83. The quantitative estimate of drug-likeness (QED) is 0.770. The van der Waals surface area contributed by atoms with Gasteiger partial charge in [-0.2, -0.15) is 13.2 Å². The van der Waals surface area contributed by atoms with E-state index in [1.54, 1.807) is 0 Å². The van der Waals surface area contributed by atoms with Crippen LogP contribution in [0.3, 0.4) is 0 Å². The second-order valence-corrected chi connectivity index (χ2v) is 5.06. The van der Waals surface area contributed by atoms with Crippen LogP contribution in [-0.2, 0) is 11.0 Å². The molecule has 1 N–H and O–H groups in total. The minimum atomic E-state index is -4.35. The molecule has 2 rings (SSSR count). The molecule has 1 aliphatic heterocycles. The first kappa shape index (κ1) is 12.7. The van der Waals surface area contributed by atoms with Crippen LogP contribution >= 0.6 is 22.6 Å². The Morgan fingerprint density at radius 2 is 2.06 bits per heavy atom. The Labute approximate surface area is 110 Å². The number of carbonyl (C=O) groups is 1. The van der Waals surface area contributed by atoms with Gasteiger partial charge in [-0.15, -0.1) is 0 Å². The molecule has 17 heavy (non-hydrogen) atoms. The maximum absolute atomic E-state index is 12.6. The summed E-state index contributed by atoms with van der Waals surface area (Å²) in [6.45, 7) is 0. The normalized spacial score (nSPS) is 20.5. The van der Waals surface area contributed by atoms with E-state index in [4.69, 9.17) is 0 Å². The Bertz CT molecular complexity index is 459. The van der Waals surface area contributed by atoms with E-state index in [1.807, 2.05) is 22.6 Å². The van der Waals surface area contributed by atoms with Crippen molar-refractivity contribution in [3.8, 4) is 0 Å². The van der Waals surface area contributed by atoms with Gasteiger partial charge in [0, 0.05) is 9.99 Å². The molecule has 0 spiro atoms. The van der Waals surface area contributed by atoms with Crippen molar-refractivity contribution in [1.82, 2.24) is 5.32 Å². The molecule has 0 aromatic heterocycles. The Kier molecular flexibility index (Phi) is 3.33. The highest BCUT2D eigenvalue weighted by molar-refractivity contribution is 14.1. The van der Waals surface area contributed by atoms with Gasteiger partial charge in [-0.05, 0) is 52.8 Å². The van der Waals surface area contributed by atoms with Crippen molar-refractivity contribution >= 4 is 28.5 Å². The molecule has 1 aromatic carbocycles. The van der Waals surface area contributed by atoms with Gasteiger partial charge < -0.3 is 5.32 Å². The number of hydrogen-bond acceptors (Lipinski definition) is 1. The highest BCUT2D eigenvalue weighted by atomic mass is 127. The van der Waals surface area contributed by atoms with E-state index in [1.165, 1.54) is 6.07 Å². The van der Waals surface area contributed by atoms with Crippen molar-refractivity contribution in [3.63, 3.8) is 0 Å². The van der Waals surface area contributed by atoms with E-state index < -0.39 is 11.7 Å². The topological polar surface area (TPSA) is 29.1 Å². The van der Waals surface area contributed by atoms with Crippen molar-refractivity contribution in [2.75, 3.05) is 0 Å². The molecule has 1 amide bonds. The number of alkyl halides is 3. The monoisotopic (exact) mass is 355 g/mol. The second kappa shape index (κ2) is 4.47. The third kappa shape index (κ3) is 2.72. The Hall–Kier alpha value is -0.790. The average molecular weight is 355 g/mol. The minimum absolute atomic E-state index is 0.108. The number of nitrogens with one attached hydrogen (secondary N) is 1. The molecule has 0 aliphatic carbocycles. The molecule has 1 heterocycles. The van der Waals surface area contributed by atoms with Gasteiger partial charge in [0.1, 0.15) is 0 Å². The van der Waals surface area contributed by atoms with Crippen LogP contribution in [0.1, 0.15) is 30.0 Å².